The van der Waals surface area contributed by atoms with Crippen molar-refractivity contribution in [1.82, 2.24) is 4.90 Å². The number of hydrogen-bond acceptors (Lipinski definition) is 4. The lowest BCUT2D eigenvalue weighted by molar-refractivity contribution is -0.193. The molecule has 2 N–H and O–H groups in total. The Morgan fingerprint density at radius 1 is 1.11 bits per heavy atom. The number of likely N-dealkylation sites (tertiary alicyclic amines) is 1. The Bertz CT molecular complexity index is 317. The van der Waals surface area contributed by atoms with Crippen LogP contribution in [0.25, 0.3) is 0 Å². The van der Waals surface area contributed by atoms with Crippen LogP contribution in [0.5, 0.6) is 0 Å². The fourth-order valence-electron chi connectivity index (χ4n) is 3.91. The molecule has 0 aromatic carbocycles. The van der Waals surface area contributed by atoms with Crippen LogP contribution in [0, 0.1) is 11.8 Å². The molecule has 0 aromatic rings. The van der Waals surface area contributed by atoms with Gasteiger partial charge in [-0.05, 0) is 31.2 Å². The summed E-state index contributed by atoms with van der Waals surface area (Å²) in [4.78, 5) is 2.60. The molecule has 4 nitrogen and oxygen atoms in total. The van der Waals surface area contributed by atoms with Crippen LogP contribution in [0.1, 0.15) is 39.5 Å². The van der Waals surface area contributed by atoms with E-state index in [0.717, 1.165) is 44.3 Å². The first kappa shape index (κ1) is 13.8. The van der Waals surface area contributed by atoms with Gasteiger partial charge in [-0.15, -0.1) is 0 Å². The summed E-state index contributed by atoms with van der Waals surface area (Å²) in [7, 11) is 0. The number of hydrogen-bond donors (Lipinski definition) is 1. The Kier molecular flexibility index (Phi) is 3.87. The zero-order chi connectivity index (χ0) is 13.5. The van der Waals surface area contributed by atoms with E-state index in [0.29, 0.717) is 6.04 Å². The highest BCUT2D eigenvalue weighted by Crippen LogP contribution is 2.38. The predicted molar refractivity (Wildman–Crippen MR) is 74.8 cm³/mol. The number of ether oxygens (including phenoxy) is 2. The van der Waals surface area contributed by atoms with E-state index in [4.69, 9.17) is 15.2 Å². The van der Waals surface area contributed by atoms with Gasteiger partial charge in [0.25, 0.3) is 0 Å². The molecule has 19 heavy (non-hydrogen) atoms. The predicted octanol–water partition coefficient (Wildman–Crippen LogP) is 1.59. The van der Waals surface area contributed by atoms with Gasteiger partial charge in [0.05, 0.1) is 13.2 Å². The normalized spacial score (nSPS) is 43.7. The van der Waals surface area contributed by atoms with Crippen LogP contribution in [0.3, 0.4) is 0 Å². The van der Waals surface area contributed by atoms with Gasteiger partial charge in [-0.25, -0.2) is 0 Å². The molecule has 1 spiro atoms. The second-order valence-electron chi connectivity index (χ2n) is 6.82. The van der Waals surface area contributed by atoms with Gasteiger partial charge < -0.3 is 15.2 Å². The zero-order valence-corrected chi connectivity index (χ0v) is 12.3. The molecule has 1 aliphatic carbocycles. The minimum atomic E-state index is -0.313. The smallest absolute Gasteiger partial charge is 0.170 e. The van der Waals surface area contributed by atoms with Gasteiger partial charge in [-0.1, -0.05) is 13.8 Å². The average Bonchev–Trinajstić information content (AvgIpc) is 2.85. The summed E-state index contributed by atoms with van der Waals surface area (Å²) in [6.07, 6.45) is 4.23. The second-order valence-corrected chi connectivity index (χ2v) is 6.82. The van der Waals surface area contributed by atoms with Crippen LogP contribution in [0.2, 0.25) is 0 Å². The molecule has 4 heteroatoms. The quantitative estimate of drug-likeness (QED) is 0.784. The first-order valence-corrected chi connectivity index (χ1v) is 7.87. The molecule has 2 saturated heterocycles. The lowest BCUT2D eigenvalue weighted by Gasteiger charge is -2.47. The maximum Gasteiger partial charge on any atom is 0.170 e. The van der Waals surface area contributed by atoms with Crippen molar-refractivity contribution in [1.29, 1.82) is 0 Å². The summed E-state index contributed by atoms with van der Waals surface area (Å²) < 4.78 is 11.8. The summed E-state index contributed by atoms with van der Waals surface area (Å²) in [5.74, 6) is 1.29. The highest BCUT2D eigenvalue weighted by atomic mass is 16.7. The molecule has 4 unspecified atom stereocenters. The molecule has 0 bridgehead atoms. The van der Waals surface area contributed by atoms with E-state index in [9.17, 15) is 0 Å². The summed E-state index contributed by atoms with van der Waals surface area (Å²) in [6.45, 7) is 8.58. The Morgan fingerprint density at radius 2 is 1.84 bits per heavy atom. The maximum atomic E-state index is 6.39. The van der Waals surface area contributed by atoms with Crippen molar-refractivity contribution in [2.45, 2.75) is 57.4 Å². The SMILES string of the molecule is CC1CCN(C2CC3(CCC2N)OCCO3)CC1C. The minimum Gasteiger partial charge on any atom is -0.347 e. The monoisotopic (exact) mass is 268 g/mol. The molecule has 3 rings (SSSR count). The van der Waals surface area contributed by atoms with Gasteiger partial charge >= 0.3 is 0 Å². The molecule has 0 radical (unpaired) electrons. The van der Waals surface area contributed by atoms with E-state index in [1.165, 1.54) is 19.5 Å². The molecule has 2 aliphatic heterocycles. The van der Waals surface area contributed by atoms with Crippen LogP contribution >= 0.6 is 0 Å². The van der Waals surface area contributed by atoms with E-state index in [-0.39, 0.29) is 11.8 Å². The molecule has 110 valence electrons. The van der Waals surface area contributed by atoms with Gasteiger partial charge in [0.2, 0.25) is 0 Å². The molecular formula is C15H28N2O2. The van der Waals surface area contributed by atoms with Crippen molar-refractivity contribution in [3.05, 3.63) is 0 Å². The molecule has 3 fully saturated rings. The largest absolute Gasteiger partial charge is 0.347 e. The summed E-state index contributed by atoms with van der Waals surface area (Å²) in [5.41, 5.74) is 6.39. The topological polar surface area (TPSA) is 47.7 Å². The number of nitrogens with two attached hydrogens (primary N) is 1. The number of piperidine rings is 1. The van der Waals surface area contributed by atoms with E-state index < -0.39 is 0 Å². The summed E-state index contributed by atoms with van der Waals surface area (Å²) in [5, 5.41) is 0. The highest BCUT2D eigenvalue weighted by Gasteiger charge is 2.46. The van der Waals surface area contributed by atoms with Crippen molar-refractivity contribution < 1.29 is 9.47 Å². The van der Waals surface area contributed by atoms with Gasteiger partial charge in [0.15, 0.2) is 5.79 Å². The summed E-state index contributed by atoms with van der Waals surface area (Å²) in [6, 6.07) is 0.709. The number of nitrogens with zero attached hydrogens (tertiary/aromatic N) is 1. The van der Waals surface area contributed by atoms with Crippen LogP contribution in [0.15, 0.2) is 0 Å². The molecule has 0 aromatic heterocycles. The van der Waals surface area contributed by atoms with Crippen molar-refractivity contribution in [3.63, 3.8) is 0 Å². The molecule has 3 aliphatic rings. The van der Waals surface area contributed by atoms with Crippen molar-refractivity contribution in [2.24, 2.45) is 17.6 Å². The highest BCUT2D eigenvalue weighted by molar-refractivity contribution is 4.96. The molecular weight excluding hydrogens is 240 g/mol. The lowest BCUT2D eigenvalue weighted by atomic mass is 9.81. The standard InChI is InChI=1S/C15H28N2O2/c1-11-4-6-17(10-12(11)2)14-9-15(5-3-13(14)16)18-7-8-19-15/h11-14H,3-10,16H2,1-2H3. The van der Waals surface area contributed by atoms with Crippen molar-refractivity contribution in [2.75, 3.05) is 26.3 Å². The minimum absolute atomic E-state index is 0.277. The van der Waals surface area contributed by atoms with Crippen LogP contribution in [0.4, 0.5) is 0 Å². The fraction of sp³-hybridized carbons (Fsp3) is 1.00. The van der Waals surface area contributed by atoms with E-state index in [1.54, 1.807) is 0 Å². The molecule has 0 amide bonds. The van der Waals surface area contributed by atoms with Crippen molar-refractivity contribution >= 4 is 0 Å². The average molecular weight is 268 g/mol. The zero-order valence-electron chi connectivity index (χ0n) is 12.3. The lowest BCUT2D eigenvalue weighted by Crippen LogP contribution is -2.58. The van der Waals surface area contributed by atoms with Gasteiger partial charge in [0, 0.05) is 31.5 Å². The van der Waals surface area contributed by atoms with E-state index in [2.05, 4.69) is 18.7 Å². The molecule has 1 saturated carbocycles. The Hall–Kier alpha value is -0.160. The third-order valence-electron chi connectivity index (χ3n) is 5.52. The van der Waals surface area contributed by atoms with Crippen LogP contribution < -0.4 is 5.73 Å². The van der Waals surface area contributed by atoms with Crippen LogP contribution in [-0.4, -0.2) is 49.1 Å². The summed E-state index contributed by atoms with van der Waals surface area (Å²) >= 11 is 0. The maximum absolute atomic E-state index is 6.39. The Balaban J connectivity index is 1.68. The molecule has 2 heterocycles. The van der Waals surface area contributed by atoms with Crippen molar-refractivity contribution in [3.8, 4) is 0 Å². The molecule has 4 atom stereocenters. The van der Waals surface area contributed by atoms with Gasteiger partial charge in [-0.2, -0.15) is 0 Å². The fourth-order valence-corrected chi connectivity index (χ4v) is 3.91. The van der Waals surface area contributed by atoms with Crippen LogP contribution in [-0.2, 0) is 9.47 Å². The van der Waals surface area contributed by atoms with Gasteiger partial charge in [-0.3, -0.25) is 4.90 Å². The number of rotatable bonds is 1. The second kappa shape index (κ2) is 5.32. The van der Waals surface area contributed by atoms with E-state index in [1.807, 2.05) is 0 Å². The van der Waals surface area contributed by atoms with E-state index >= 15 is 0 Å². The first-order valence-electron chi connectivity index (χ1n) is 7.87. The Labute approximate surface area is 116 Å². The third-order valence-corrected chi connectivity index (χ3v) is 5.52. The van der Waals surface area contributed by atoms with Gasteiger partial charge in [0.1, 0.15) is 0 Å². The third kappa shape index (κ3) is 2.68. The Morgan fingerprint density at radius 3 is 2.53 bits per heavy atom. The first-order chi connectivity index (χ1) is 9.10.